The Morgan fingerprint density at radius 3 is 3.00 bits per heavy atom. The van der Waals surface area contributed by atoms with Gasteiger partial charge in [-0.05, 0) is 43.0 Å². The molecule has 3 rings (SSSR count). The predicted octanol–water partition coefficient (Wildman–Crippen LogP) is 2.65. The van der Waals surface area contributed by atoms with Crippen molar-refractivity contribution in [1.29, 1.82) is 0 Å². The maximum Gasteiger partial charge on any atom is 0.371 e. The minimum absolute atomic E-state index is 0.0213. The van der Waals surface area contributed by atoms with Crippen LogP contribution in [0.1, 0.15) is 29.5 Å². The number of rotatable bonds is 5. The van der Waals surface area contributed by atoms with Crippen molar-refractivity contribution in [2.24, 2.45) is 5.92 Å². The van der Waals surface area contributed by atoms with Gasteiger partial charge in [-0.15, -0.1) is 0 Å². The van der Waals surface area contributed by atoms with E-state index in [1.807, 2.05) is 18.2 Å². The first-order valence-corrected chi connectivity index (χ1v) is 7.21. The Kier molecular flexibility index (Phi) is 3.94. The molecule has 0 radical (unpaired) electrons. The van der Waals surface area contributed by atoms with Crippen molar-refractivity contribution in [3.05, 3.63) is 35.6 Å². The second kappa shape index (κ2) is 5.87. The van der Waals surface area contributed by atoms with Gasteiger partial charge < -0.3 is 19.6 Å². The van der Waals surface area contributed by atoms with Crippen LogP contribution in [0.5, 0.6) is 0 Å². The molecule has 1 fully saturated rings. The Hall–Kier alpha value is -1.85. The second-order valence-electron chi connectivity index (χ2n) is 5.54. The number of nitrogens with one attached hydrogen (secondary N) is 1. The van der Waals surface area contributed by atoms with Gasteiger partial charge in [-0.2, -0.15) is 0 Å². The smallest absolute Gasteiger partial charge is 0.371 e. The van der Waals surface area contributed by atoms with Crippen molar-refractivity contribution in [3.63, 3.8) is 0 Å². The van der Waals surface area contributed by atoms with Crippen LogP contribution >= 0.6 is 0 Å². The molecule has 1 aliphatic rings. The predicted molar refractivity (Wildman–Crippen MR) is 78.4 cm³/mol. The fraction of sp³-hybridized carbons (Fsp3) is 0.438. The molecule has 112 valence electrons. The Bertz CT molecular complexity index is 649. The van der Waals surface area contributed by atoms with Gasteiger partial charge in [0, 0.05) is 25.1 Å². The van der Waals surface area contributed by atoms with Gasteiger partial charge >= 0.3 is 5.97 Å². The number of carboxylic acid groups (broad SMARTS) is 1. The molecule has 0 aliphatic carbocycles. The fourth-order valence-electron chi connectivity index (χ4n) is 2.75. The molecule has 5 heteroatoms. The van der Waals surface area contributed by atoms with Crippen LogP contribution in [0.15, 0.2) is 28.7 Å². The number of furan rings is 1. The van der Waals surface area contributed by atoms with Gasteiger partial charge in [0.25, 0.3) is 0 Å². The number of aromatic carboxylic acids is 1. The van der Waals surface area contributed by atoms with Crippen molar-refractivity contribution in [1.82, 2.24) is 5.32 Å². The molecule has 0 saturated carbocycles. The van der Waals surface area contributed by atoms with Crippen molar-refractivity contribution < 1.29 is 19.1 Å². The average molecular weight is 289 g/mol. The van der Waals surface area contributed by atoms with Crippen LogP contribution in [0.3, 0.4) is 0 Å². The fourth-order valence-corrected chi connectivity index (χ4v) is 2.75. The molecular formula is C16H19NO4. The monoisotopic (exact) mass is 289 g/mol. The van der Waals surface area contributed by atoms with E-state index < -0.39 is 5.97 Å². The van der Waals surface area contributed by atoms with Crippen LogP contribution < -0.4 is 5.32 Å². The molecular weight excluding hydrogens is 270 g/mol. The summed E-state index contributed by atoms with van der Waals surface area (Å²) < 4.78 is 10.8. The Morgan fingerprint density at radius 2 is 2.29 bits per heavy atom. The summed E-state index contributed by atoms with van der Waals surface area (Å²) in [6.07, 6.45) is 1.43. The van der Waals surface area contributed by atoms with Crippen LogP contribution in [-0.2, 0) is 11.3 Å². The first-order chi connectivity index (χ1) is 10.1. The van der Waals surface area contributed by atoms with Crippen LogP contribution in [0.25, 0.3) is 11.0 Å². The lowest BCUT2D eigenvalue weighted by atomic mass is 10.0. The number of ether oxygens (including phenoxy) is 1. The number of carbonyl (C=O) groups is 1. The van der Waals surface area contributed by atoms with Gasteiger partial charge in [0.1, 0.15) is 5.58 Å². The highest BCUT2D eigenvalue weighted by atomic mass is 16.5. The third kappa shape index (κ3) is 3.09. The molecule has 0 spiro atoms. The second-order valence-corrected chi connectivity index (χ2v) is 5.54. The van der Waals surface area contributed by atoms with Crippen molar-refractivity contribution in [3.8, 4) is 0 Å². The zero-order chi connectivity index (χ0) is 14.8. The molecule has 2 N–H and O–H groups in total. The number of hydrogen-bond acceptors (Lipinski definition) is 4. The average Bonchev–Trinajstić information content (AvgIpc) is 3.05. The summed E-state index contributed by atoms with van der Waals surface area (Å²) in [6, 6.07) is 7.31. The summed E-state index contributed by atoms with van der Waals surface area (Å²) in [4.78, 5) is 10.9. The van der Waals surface area contributed by atoms with Gasteiger partial charge in [-0.3, -0.25) is 0 Å². The summed E-state index contributed by atoms with van der Waals surface area (Å²) in [5, 5.41) is 13.2. The van der Waals surface area contributed by atoms with E-state index in [1.165, 1.54) is 0 Å². The summed E-state index contributed by atoms with van der Waals surface area (Å²) in [5.74, 6) is -0.491. The largest absolute Gasteiger partial charge is 0.475 e. The highest BCUT2D eigenvalue weighted by molar-refractivity contribution is 5.91. The van der Waals surface area contributed by atoms with Crippen LogP contribution in [0.4, 0.5) is 0 Å². The molecule has 1 aromatic heterocycles. The molecule has 2 aromatic rings. The first-order valence-electron chi connectivity index (χ1n) is 7.21. The van der Waals surface area contributed by atoms with E-state index in [9.17, 15) is 4.79 Å². The van der Waals surface area contributed by atoms with E-state index in [0.717, 1.165) is 37.1 Å². The van der Waals surface area contributed by atoms with E-state index in [0.29, 0.717) is 17.6 Å². The van der Waals surface area contributed by atoms with Gasteiger partial charge in [0.05, 0.1) is 6.10 Å². The van der Waals surface area contributed by atoms with Gasteiger partial charge in [0.2, 0.25) is 5.76 Å². The molecule has 21 heavy (non-hydrogen) atoms. The molecule has 1 saturated heterocycles. The van der Waals surface area contributed by atoms with Crippen molar-refractivity contribution >= 4 is 16.9 Å². The third-order valence-corrected chi connectivity index (χ3v) is 4.06. The van der Waals surface area contributed by atoms with Crippen molar-refractivity contribution in [2.45, 2.75) is 26.0 Å². The normalized spacial score (nSPS) is 22.0. The zero-order valence-corrected chi connectivity index (χ0v) is 12.0. The highest BCUT2D eigenvalue weighted by Crippen LogP contribution is 2.22. The SMILES string of the molecule is CC1OCCC1CNCc1ccc2oc(C(=O)O)cc2c1. The van der Waals surface area contributed by atoms with Crippen LogP contribution in [0, 0.1) is 5.92 Å². The highest BCUT2D eigenvalue weighted by Gasteiger charge is 2.23. The lowest BCUT2D eigenvalue weighted by Crippen LogP contribution is -2.26. The summed E-state index contributed by atoms with van der Waals surface area (Å²) in [7, 11) is 0. The molecule has 2 heterocycles. The molecule has 2 unspecified atom stereocenters. The standard InChI is InChI=1S/C16H19NO4/c1-10-12(4-5-20-10)9-17-8-11-2-3-14-13(6-11)7-15(21-14)16(18)19/h2-3,6-7,10,12,17H,4-5,8-9H2,1H3,(H,18,19). The quantitative estimate of drug-likeness (QED) is 0.885. The maximum atomic E-state index is 10.9. The lowest BCUT2D eigenvalue weighted by molar-refractivity contribution is 0.0665. The van der Waals surface area contributed by atoms with Gasteiger partial charge in [0.15, 0.2) is 0 Å². The Labute approximate surface area is 122 Å². The van der Waals surface area contributed by atoms with E-state index in [4.69, 9.17) is 14.3 Å². The molecule has 0 bridgehead atoms. The van der Waals surface area contributed by atoms with E-state index in [1.54, 1.807) is 6.07 Å². The van der Waals surface area contributed by atoms with Crippen molar-refractivity contribution in [2.75, 3.05) is 13.2 Å². The minimum atomic E-state index is -1.04. The molecule has 5 nitrogen and oxygen atoms in total. The number of fused-ring (bicyclic) bond motifs is 1. The molecule has 0 amide bonds. The zero-order valence-electron chi connectivity index (χ0n) is 12.0. The Balaban J connectivity index is 1.63. The van der Waals surface area contributed by atoms with E-state index in [-0.39, 0.29) is 5.76 Å². The summed E-state index contributed by atoms with van der Waals surface area (Å²) in [6.45, 7) is 4.66. The summed E-state index contributed by atoms with van der Waals surface area (Å²) >= 11 is 0. The Morgan fingerprint density at radius 1 is 1.43 bits per heavy atom. The van der Waals surface area contributed by atoms with Gasteiger partial charge in [-0.25, -0.2) is 4.79 Å². The third-order valence-electron chi connectivity index (χ3n) is 4.06. The van der Waals surface area contributed by atoms with Crippen LogP contribution in [0.2, 0.25) is 0 Å². The number of benzene rings is 1. The van der Waals surface area contributed by atoms with Gasteiger partial charge in [-0.1, -0.05) is 6.07 Å². The van der Waals surface area contributed by atoms with Crippen LogP contribution in [-0.4, -0.2) is 30.3 Å². The summed E-state index contributed by atoms with van der Waals surface area (Å²) in [5.41, 5.74) is 1.72. The lowest BCUT2D eigenvalue weighted by Gasteiger charge is -2.14. The maximum absolute atomic E-state index is 10.9. The minimum Gasteiger partial charge on any atom is -0.475 e. The van der Waals surface area contributed by atoms with E-state index in [2.05, 4.69) is 12.2 Å². The molecule has 1 aromatic carbocycles. The number of hydrogen-bond donors (Lipinski definition) is 2. The number of carboxylic acids is 1. The molecule has 2 atom stereocenters. The van der Waals surface area contributed by atoms with E-state index >= 15 is 0 Å². The topological polar surface area (TPSA) is 71.7 Å². The first kappa shape index (κ1) is 14.1. The molecule has 1 aliphatic heterocycles.